The molecule has 0 saturated carbocycles. The van der Waals surface area contributed by atoms with E-state index in [1.165, 1.54) is 4.90 Å². The van der Waals surface area contributed by atoms with Gasteiger partial charge in [-0.1, -0.05) is 23.7 Å². The Balaban J connectivity index is 1.41. The molecule has 1 saturated heterocycles. The molecule has 0 spiro atoms. The SMILES string of the molecule is O=C(CN1CCN(c2ccc3c(c2)OCCO3)C1=O)Nc1ccccc1Cl. The van der Waals surface area contributed by atoms with Gasteiger partial charge in [-0.3, -0.25) is 9.69 Å². The van der Waals surface area contributed by atoms with E-state index in [9.17, 15) is 9.59 Å². The smallest absolute Gasteiger partial charge is 0.325 e. The second-order valence-electron chi connectivity index (χ2n) is 6.21. The fourth-order valence-electron chi connectivity index (χ4n) is 3.09. The number of carbonyl (C=O) groups excluding carboxylic acids is 2. The quantitative estimate of drug-likeness (QED) is 0.875. The number of urea groups is 1. The fraction of sp³-hybridized carbons (Fsp3) is 0.263. The minimum atomic E-state index is -0.291. The van der Waals surface area contributed by atoms with Gasteiger partial charge < -0.3 is 19.7 Å². The molecule has 3 amide bonds. The molecule has 27 heavy (non-hydrogen) atoms. The van der Waals surface area contributed by atoms with Crippen LogP contribution >= 0.6 is 11.6 Å². The lowest BCUT2D eigenvalue weighted by Gasteiger charge is -2.22. The van der Waals surface area contributed by atoms with Crippen LogP contribution in [0.3, 0.4) is 0 Å². The van der Waals surface area contributed by atoms with E-state index in [2.05, 4.69) is 5.32 Å². The number of hydrogen-bond acceptors (Lipinski definition) is 4. The van der Waals surface area contributed by atoms with Crippen LogP contribution in [0.2, 0.25) is 5.02 Å². The maximum absolute atomic E-state index is 12.7. The van der Waals surface area contributed by atoms with Crippen LogP contribution in [0.4, 0.5) is 16.2 Å². The first-order valence-corrected chi connectivity index (χ1v) is 9.00. The first kappa shape index (κ1) is 17.5. The first-order valence-electron chi connectivity index (χ1n) is 8.62. The number of anilines is 2. The Morgan fingerprint density at radius 1 is 1.07 bits per heavy atom. The number of amides is 3. The molecular weight excluding hydrogens is 370 g/mol. The van der Waals surface area contributed by atoms with E-state index in [0.717, 1.165) is 5.69 Å². The van der Waals surface area contributed by atoms with Crippen molar-refractivity contribution in [1.29, 1.82) is 0 Å². The number of ether oxygens (including phenoxy) is 2. The normalized spacial score (nSPS) is 15.8. The van der Waals surface area contributed by atoms with Gasteiger partial charge in [-0.15, -0.1) is 0 Å². The highest BCUT2D eigenvalue weighted by atomic mass is 35.5. The molecule has 2 aliphatic heterocycles. The Labute approximate surface area is 161 Å². The highest BCUT2D eigenvalue weighted by molar-refractivity contribution is 6.33. The van der Waals surface area contributed by atoms with Gasteiger partial charge in [0.2, 0.25) is 5.91 Å². The molecule has 8 heteroatoms. The highest BCUT2D eigenvalue weighted by Crippen LogP contribution is 2.35. The molecule has 2 aromatic carbocycles. The summed E-state index contributed by atoms with van der Waals surface area (Å²) in [5, 5.41) is 3.19. The Morgan fingerprint density at radius 2 is 1.85 bits per heavy atom. The van der Waals surface area contributed by atoms with Crippen molar-refractivity contribution < 1.29 is 19.1 Å². The standard InChI is InChI=1S/C19H18ClN3O4/c20-14-3-1-2-4-15(14)21-18(24)12-22-7-8-23(19(22)25)13-5-6-16-17(11-13)27-10-9-26-16/h1-6,11H,7-10,12H2,(H,21,24). The number of nitrogens with one attached hydrogen (secondary N) is 1. The number of hydrogen-bond donors (Lipinski definition) is 1. The third kappa shape index (κ3) is 3.64. The summed E-state index contributed by atoms with van der Waals surface area (Å²) in [6, 6.07) is 12.2. The van der Waals surface area contributed by atoms with Crippen molar-refractivity contribution >= 4 is 34.9 Å². The van der Waals surface area contributed by atoms with Gasteiger partial charge >= 0.3 is 6.03 Å². The topological polar surface area (TPSA) is 71.1 Å². The Kier molecular flexibility index (Phi) is 4.77. The molecule has 0 atom stereocenters. The van der Waals surface area contributed by atoms with Crippen LogP contribution in [0.25, 0.3) is 0 Å². The van der Waals surface area contributed by atoms with Gasteiger partial charge in [0.25, 0.3) is 0 Å². The summed E-state index contributed by atoms with van der Waals surface area (Å²) in [5.74, 6) is 1.01. The molecule has 1 fully saturated rings. The summed E-state index contributed by atoms with van der Waals surface area (Å²) in [7, 11) is 0. The molecule has 0 bridgehead atoms. The first-order chi connectivity index (χ1) is 13.1. The predicted octanol–water partition coefficient (Wildman–Crippen LogP) is 2.99. The number of nitrogens with zero attached hydrogens (tertiary/aromatic N) is 2. The molecular formula is C19H18ClN3O4. The van der Waals surface area contributed by atoms with E-state index in [4.69, 9.17) is 21.1 Å². The molecule has 0 unspecified atom stereocenters. The lowest BCUT2D eigenvalue weighted by molar-refractivity contribution is -0.116. The monoisotopic (exact) mass is 387 g/mol. The van der Waals surface area contributed by atoms with Crippen molar-refractivity contribution in [2.24, 2.45) is 0 Å². The van der Waals surface area contributed by atoms with Crippen LogP contribution in [0, 0.1) is 0 Å². The van der Waals surface area contributed by atoms with Gasteiger partial charge in [0.1, 0.15) is 19.8 Å². The van der Waals surface area contributed by atoms with Gasteiger partial charge in [0.05, 0.1) is 10.7 Å². The molecule has 1 N–H and O–H groups in total. The second kappa shape index (κ2) is 7.36. The third-order valence-electron chi connectivity index (χ3n) is 4.41. The lowest BCUT2D eigenvalue weighted by Crippen LogP contribution is -2.37. The maximum atomic E-state index is 12.7. The van der Waals surface area contributed by atoms with Crippen molar-refractivity contribution in [1.82, 2.24) is 4.90 Å². The molecule has 140 valence electrons. The predicted molar refractivity (Wildman–Crippen MR) is 102 cm³/mol. The van der Waals surface area contributed by atoms with E-state index in [1.54, 1.807) is 41.3 Å². The zero-order valence-electron chi connectivity index (χ0n) is 14.5. The summed E-state index contributed by atoms with van der Waals surface area (Å²) in [6.07, 6.45) is 0. The summed E-state index contributed by atoms with van der Waals surface area (Å²) >= 11 is 6.05. The zero-order valence-corrected chi connectivity index (χ0v) is 15.2. The second-order valence-corrected chi connectivity index (χ2v) is 6.62. The Hall–Kier alpha value is -2.93. The van der Waals surface area contributed by atoms with Gasteiger partial charge in [-0.2, -0.15) is 0 Å². The minimum Gasteiger partial charge on any atom is -0.486 e. The van der Waals surface area contributed by atoms with Gasteiger partial charge in [0, 0.05) is 24.8 Å². The zero-order chi connectivity index (χ0) is 18.8. The maximum Gasteiger partial charge on any atom is 0.325 e. The van der Waals surface area contributed by atoms with Crippen molar-refractivity contribution in [3.05, 3.63) is 47.5 Å². The van der Waals surface area contributed by atoms with E-state index < -0.39 is 0 Å². The largest absolute Gasteiger partial charge is 0.486 e. The van der Waals surface area contributed by atoms with Gasteiger partial charge in [0.15, 0.2) is 11.5 Å². The van der Waals surface area contributed by atoms with Crippen molar-refractivity contribution in [3.8, 4) is 11.5 Å². The number of halogens is 1. The van der Waals surface area contributed by atoms with E-state index in [1.807, 2.05) is 6.07 Å². The lowest BCUT2D eigenvalue weighted by atomic mass is 10.2. The number of rotatable bonds is 4. The van der Waals surface area contributed by atoms with Gasteiger partial charge in [-0.05, 0) is 24.3 Å². The Bertz CT molecular complexity index is 889. The van der Waals surface area contributed by atoms with E-state index >= 15 is 0 Å². The molecule has 7 nitrogen and oxygen atoms in total. The molecule has 0 radical (unpaired) electrons. The van der Waals surface area contributed by atoms with Crippen LogP contribution in [0.15, 0.2) is 42.5 Å². The van der Waals surface area contributed by atoms with Crippen LogP contribution in [-0.4, -0.2) is 49.7 Å². The average molecular weight is 388 g/mol. The number of fused-ring (bicyclic) bond motifs is 1. The minimum absolute atomic E-state index is 0.0366. The molecule has 4 rings (SSSR count). The summed E-state index contributed by atoms with van der Waals surface area (Å²) in [6.45, 7) is 1.92. The molecule has 2 aromatic rings. The number of carbonyl (C=O) groups is 2. The van der Waals surface area contributed by atoms with E-state index in [-0.39, 0.29) is 18.5 Å². The van der Waals surface area contributed by atoms with Crippen LogP contribution in [0.5, 0.6) is 11.5 Å². The summed E-state index contributed by atoms with van der Waals surface area (Å²) in [5.41, 5.74) is 1.25. The van der Waals surface area contributed by atoms with Crippen molar-refractivity contribution in [2.45, 2.75) is 0 Å². The van der Waals surface area contributed by atoms with Crippen LogP contribution < -0.4 is 19.7 Å². The number of para-hydroxylation sites is 1. The van der Waals surface area contributed by atoms with Crippen LogP contribution in [0.1, 0.15) is 0 Å². The average Bonchev–Trinajstić information content (AvgIpc) is 3.03. The summed E-state index contributed by atoms with van der Waals surface area (Å²) < 4.78 is 11.1. The molecule has 2 aliphatic rings. The van der Waals surface area contributed by atoms with E-state index in [0.29, 0.717) is 48.5 Å². The highest BCUT2D eigenvalue weighted by Gasteiger charge is 2.31. The van der Waals surface area contributed by atoms with Crippen molar-refractivity contribution in [2.75, 3.05) is 43.1 Å². The summed E-state index contributed by atoms with van der Waals surface area (Å²) in [4.78, 5) is 28.1. The molecule has 0 aliphatic carbocycles. The Morgan fingerprint density at radius 3 is 2.67 bits per heavy atom. The van der Waals surface area contributed by atoms with Crippen molar-refractivity contribution in [3.63, 3.8) is 0 Å². The van der Waals surface area contributed by atoms with Crippen LogP contribution in [-0.2, 0) is 4.79 Å². The molecule has 2 heterocycles. The number of benzene rings is 2. The third-order valence-corrected chi connectivity index (χ3v) is 4.74. The fourth-order valence-corrected chi connectivity index (χ4v) is 3.28. The van der Waals surface area contributed by atoms with Gasteiger partial charge in [-0.25, -0.2) is 4.79 Å². The molecule has 0 aromatic heterocycles.